The minimum Gasteiger partial charge on any atom is -0.369 e. The Bertz CT molecular complexity index is 519. The maximum Gasteiger partial charge on any atom is 0.282 e. The summed E-state index contributed by atoms with van der Waals surface area (Å²) in [5.74, 6) is 0.740. The summed E-state index contributed by atoms with van der Waals surface area (Å²) in [5.41, 5.74) is 0.896. The lowest BCUT2D eigenvalue weighted by Crippen LogP contribution is -2.36. The minimum absolute atomic E-state index is 0.101. The average Bonchev–Trinajstić information content (AvgIpc) is 2.37. The number of hydrogen-bond acceptors (Lipinski definition) is 5. The van der Waals surface area contributed by atoms with Crippen molar-refractivity contribution in [1.82, 2.24) is 0 Å². The summed E-state index contributed by atoms with van der Waals surface area (Å²) < 4.78 is 0. The molecule has 1 unspecified atom stereocenters. The van der Waals surface area contributed by atoms with Crippen LogP contribution in [0.5, 0.6) is 0 Å². The van der Waals surface area contributed by atoms with E-state index in [1.807, 2.05) is 11.8 Å². The molecule has 1 aromatic rings. The van der Waals surface area contributed by atoms with E-state index in [1.54, 1.807) is 12.1 Å². The van der Waals surface area contributed by atoms with Gasteiger partial charge in [-0.15, -0.1) is 0 Å². The number of benzene rings is 1. The highest BCUT2D eigenvalue weighted by molar-refractivity contribution is 8.00. The van der Waals surface area contributed by atoms with Gasteiger partial charge in [-0.2, -0.15) is 11.8 Å². The Labute approximate surface area is 116 Å². The van der Waals surface area contributed by atoms with Crippen molar-refractivity contribution in [3.63, 3.8) is 0 Å². The van der Waals surface area contributed by atoms with Crippen molar-refractivity contribution in [2.75, 3.05) is 23.7 Å². The fourth-order valence-corrected chi connectivity index (χ4v) is 3.23. The van der Waals surface area contributed by atoms with Crippen LogP contribution in [-0.4, -0.2) is 34.8 Å². The van der Waals surface area contributed by atoms with Crippen molar-refractivity contribution in [3.8, 4) is 0 Å². The number of hydrogen-bond donors (Lipinski definition) is 0. The van der Waals surface area contributed by atoms with Gasteiger partial charge in [0.05, 0.1) is 10.5 Å². The predicted octanol–water partition coefficient (Wildman–Crippen LogP) is 2.74. The summed E-state index contributed by atoms with van der Waals surface area (Å²) in [6.07, 6.45) is 0. The highest BCUT2D eigenvalue weighted by Gasteiger charge is 2.22. The molecule has 0 radical (unpaired) electrons. The van der Waals surface area contributed by atoms with Gasteiger partial charge < -0.3 is 4.90 Å². The zero-order valence-corrected chi connectivity index (χ0v) is 11.8. The quantitative estimate of drug-likeness (QED) is 0.484. The monoisotopic (exact) mass is 280 g/mol. The first kappa shape index (κ1) is 13.9. The minimum atomic E-state index is -0.484. The number of anilines is 1. The van der Waals surface area contributed by atoms with Crippen LogP contribution in [0.1, 0.15) is 24.2 Å². The molecule has 1 aromatic carbocycles. The van der Waals surface area contributed by atoms with Crippen LogP contribution in [0.3, 0.4) is 0 Å². The molecule has 0 amide bonds. The molecule has 5 nitrogen and oxygen atoms in total. The zero-order valence-electron chi connectivity index (χ0n) is 11.0. The second kappa shape index (κ2) is 5.61. The number of thioether (sulfide) groups is 1. The molecule has 6 heteroatoms. The summed E-state index contributed by atoms with van der Waals surface area (Å²) in [7, 11) is 0. The number of Topliss-reactive ketones (excluding diaryl/α,β-unsaturated/α-hetero) is 1. The molecular formula is C13H16N2O3S. The Hall–Kier alpha value is -1.56. The fourth-order valence-electron chi connectivity index (χ4n) is 2.22. The largest absolute Gasteiger partial charge is 0.369 e. The number of carbonyl (C=O) groups excluding carboxylic acids is 1. The summed E-state index contributed by atoms with van der Waals surface area (Å²) in [6.45, 7) is 5.25. The van der Waals surface area contributed by atoms with Crippen LogP contribution in [0.25, 0.3) is 0 Å². The molecule has 1 fully saturated rings. The van der Waals surface area contributed by atoms with Crippen molar-refractivity contribution < 1.29 is 9.72 Å². The van der Waals surface area contributed by atoms with Gasteiger partial charge in [-0.3, -0.25) is 14.9 Å². The number of ketones is 1. The topological polar surface area (TPSA) is 63.5 Å². The van der Waals surface area contributed by atoms with E-state index in [-0.39, 0.29) is 17.0 Å². The van der Waals surface area contributed by atoms with E-state index < -0.39 is 4.92 Å². The number of nitro groups is 1. The lowest BCUT2D eigenvalue weighted by Gasteiger charge is -2.32. The number of rotatable bonds is 3. The third kappa shape index (κ3) is 3.07. The van der Waals surface area contributed by atoms with Crippen molar-refractivity contribution in [3.05, 3.63) is 33.9 Å². The second-order valence-electron chi connectivity index (χ2n) is 4.64. The van der Waals surface area contributed by atoms with Crippen LogP contribution in [0.15, 0.2) is 18.2 Å². The second-order valence-corrected chi connectivity index (χ2v) is 6.19. The molecule has 2 rings (SSSR count). The van der Waals surface area contributed by atoms with Crippen LogP contribution in [0.2, 0.25) is 0 Å². The molecule has 102 valence electrons. The van der Waals surface area contributed by atoms with Gasteiger partial charge in [0.15, 0.2) is 5.78 Å². The normalized spacial score (nSPS) is 19.3. The van der Waals surface area contributed by atoms with E-state index in [2.05, 4.69) is 11.8 Å². The predicted molar refractivity (Wildman–Crippen MR) is 77.2 cm³/mol. The lowest BCUT2D eigenvalue weighted by atomic mass is 10.1. The first-order valence-electron chi connectivity index (χ1n) is 6.15. The van der Waals surface area contributed by atoms with Crippen LogP contribution in [0.4, 0.5) is 11.4 Å². The number of nitrogens with zero attached hydrogens (tertiary/aromatic N) is 2. The van der Waals surface area contributed by atoms with Crippen molar-refractivity contribution >= 4 is 28.9 Å². The maximum absolute atomic E-state index is 11.4. The standard InChI is InChI=1S/C13H16N2O3S/c1-9-8-14(5-6-19-9)11-3-4-12(10(2)16)13(7-11)15(17)18/h3-4,7,9H,5-6,8H2,1-2H3. The van der Waals surface area contributed by atoms with Gasteiger partial charge in [0.2, 0.25) is 0 Å². The highest BCUT2D eigenvalue weighted by atomic mass is 32.2. The molecule has 1 heterocycles. The molecule has 0 saturated carbocycles. The third-order valence-corrected chi connectivity index (χ3v) is 4.30. The van der Waals surface area contributed by atoms with Crippen molar-refractivity contribution in [1.29, 1.82) is 0 Å². The van der Waals surface area contributed by atoms with Gasteiger partial charge in [0.25, 0.3) is 5.69 Å². The summed E-state index contributed by atoms with van der Waals surface area (Å²) in [5, 5.41) is 11.6. The van der Waals surface area contributed by atoms with Crippen LogP contribution in [-0.2, 0) is 0 Å². The molecule has 19 heavy (non-hydrogen) atoms. The van der Waals surface area contributed by atoms with Gasteiger partial charge in [0.1, 0.15) is 0 Å². The first-order valence-corrected chi connectivity index (χ1v) is 7.20. The van der Waals surface area contributed by atoms with E-state index in [1.165, 1.54) is 13.0 Å². The fraction of sp³-hybridized carbons (Fsp3) is 0.462. The molecule has 1 aliphatic rings. The van der Waals surface area contributed by atoms with Crippen molar-refractivity contribution in [2.45, 2.75) is 19.1 Å². The molecule has 0 spiro atoms. The van der Waals surface area contributed by atoms with Gasteiger partial charge in [0, 0.05) is 35.8 Å². The molecule has 0 bridgehead atoms. The zero-order chi connectivity index (χ0) is 14.0. The number of nitro benzene ring substituents is 1. The van der Waals surface area contributed by atoms with Crippen LogP contribution in [0, 0.1) is 10.1 Å². The molecule has 0 aliphatic carbocycles. The van der Waals surface area contributed by atoms with Gasteiger partial charge in [-0.25, -0.2) is 0 Å². The van der Waals surface area contributed by atoms with E-state index in [0.29, 0.717) is 5.25 Å². The van der Waals surface area contributed by atoms with Crippen LogP contribution < -0.4 is 4.90 Å². The molecular weight excluding hydrogens is 264 g/mol. The maximum atomic E-state index is 11.4. The summed E-state index contributed by atoms with van der Waals surface area (Å²) in [6, 6.07) is 4.87. The Morgan fingerprint density at radius 3 is 2.84 bits per heavy atom. The van der Waals surface area contributed by atoms with Crippen molar-refractivity contribution in [2.24, 2.45) is 0 Å². The summed E-state index contributed by atoms with van der Waals surface area (Å²) >= 11 is 1.91. The molecule has 0 aromatic heterocycles. The first-order chi connectivity index (χ1) is 8.99. The Balaban J connectivity index is 2.35. The molecule has 0 N–H and O–H groups in total. The smallest absolute Gasteiger partial charge is 0.282 e. The lowest BCUT2D eigenvalue weighted by molar-refractivity contribution is -0.385. The highest BCUT2D eigenvalue weighted by Crippen LogP contribution is 2.29. The molecule has 1 saturated heterocycles. The Morgan fingerprint density at radius 2 is 2.26 bits per heavy atom. The summed E-state index contributed by atoms with van der Waals surface area (Å²) in [4.78, 5) is 24.1. The van der Waals surface area contributed by atoms with E-state index in [4.69, 9.17) is 0 Å². The van der Waals surface area contributed by atoms with E-state index in [0.717, 1.165) is 24.5 Å². The Kier molecular flexibility index (Phi) is 4.09. The average molecular weight is 280 g/mol. The Morgan fingerprint density at radius 1 is 1.53 bits per heavy atom. The van der Waals surface area contributed by atoms with Gasteiger partial charge in [-0.1, -0.05) is 6.92 Å². The third-order valence-electron chi connectivity index (χ3n) is 3.16. The molecule has 1 atom stereocenters. The SMILES string of the molecule is CC(=O)c1ccc(N2CCSC(C)C2)cc1[N+](=O)[O-]. The van der Waals surface area contributed by atoms with Gasteiger partial charge >= 0.3 is 0 Å². The van der Waals surface area contributed by atoms with Crippen LogP contribution >= 0.6 is 11.8 Å². The van der Waals surface area contributed by atoms with E-state index >= 15 is 0 Å². The van der Waals surface area contributed by atoms with Gasteiger partial charge in [-0.05, 0) is 19.1 Å². The van der Waals surface area contributed by atoms with E-state index in [9.17, 15) is 14.9 Å². The molecule has 1 aliphatic heterocycles. The number of carbonyl (C=O) groups is 1.